The predicted molar refractivity (Wildman–Crippen MR) is 95.0 cm³/mol. The minimum Gasteiger partial charge on any atom is -0.484 e. The van der Waals surface area contributed by atoms with Gasteiger partial charge in [0.05, 0.1) is 18.2 Å². The number of alkyl halides is 3. The molecule has 1 aromatic rings. The molecule has 0 radical (unpaired) electrons. The Kier molecular flexibility index (Phi) is 5.29. The van der Waals surface area contributed by atoms with E-state index in [-0.39, 0.29) is 23.4 Å². The summed E-state index contributed by atoms with van der Waals surface area (Å²) in [5.41, 5.74) is 0.346. The second kappa shape index (κ2) is 7.22. The largest absolute Gasteiger partial charge is 0.484 e. The molecule has 2 unspecified atom stereocenters. The maximum absolute atomic E-state index is 12.8. The Balaban J connectivity index is 1.63. The zero-order valence-electron chi connectivity index (χ0n) is 15.8. The first-order valence-electron chi connectivity index (χ1n) is 9.08. The van der Waals surface area contributed by atoms with Crippen molar-refractivity contribution in [2.24, 2.45) is 5.92 Å². The number of amides is 2. The highest BCUT2D eigenvalue weighted by Gasteiger charge is 2.53. The van der Waals surface area contributed by atoms with Crippen LogP contribution in [0.5, 0.6) is 5.75 Å². The predicted octanol–water partition coefficient (Wildman–Crippen LogP) is 4.07. The van der Waals surface area contributed by atoms with Gasteiger partial charge < -0.3 is 14.4 Å². The van der Waals surface area contributed by atoms with Crippen LogP contribution in [-0.2, 0) is 4.74 Å². The van der Waals surface area contributed by atoms with E-state index in [2.05, 4.69) is 13.8 Å². The van der Waals surface area contributed by atoms with Gasteiger partial charge in [-0.05, 0) is 37.1 Å². The quantitative estimate of drug-likeness (QED) is 0.740. The fourth-order valence-corrected chi connectivity index (χ4v) is 3.63. The Morgan fingerprint density at radius 1 is 1.26 bits per heavy atom. The third-order valence-electron chi connectivity index (χ3n) is 4.88. The van der Waals surface area contributed by atoms with E-state index >= 15 is 0 Å². The topological polar surface area (TPSA) is 42.0 Å². The number of fused-ring (bicyclic) bond motifs is 1. The van der Waals surface area contributed by atoms with E-state index in [0.717, 1.165) is 6.42 Å². The summed E-state index contributed by atoms with van der Waals surface area (Å²) in [5, 5.41) is 0. The molecule has 2 aliphatic rings. The summed E-state index contributed by atoms with van der Waals surface area (Å²) in [6, 6.07) is 6.03. The molecular weight excluding hydrogens is 361 g/mol. The first-order chi connectivity index (χ1) is 12.6. The number of carbonyl (C=O) groups excluding carboxylic acids is 1. The number of nitrogens with zero attached hydrogens (tertiary/aromatic N) is 2. The molecule has 8 heteroatoms. The van der Waals surface area contributed by atoms with Gasteiger partial charge >= 0.3 is 12.2 Å². The molecular formula is C19H25F3N2O3. The summed E-state index contributed by atoms with van der Waals surface area (Å²) < 4.78 is 47.3. The van der Waals surface area contributed by atoms with Gasteiger partial charge in [0.1, 0.15) is 5.75 Å². The lowest BCUT2D eigenvalue weighted by Gasteiger charge is -2.24. The Bertz CT molecular complexity index is 678. The summed E-state index contributed by atoms with van der Waals surface area (Å²) in [5.74, 6) is 0.565. The van der Waals surface area contributed by atoms with Crippen LogP contribution in [0.15, 0.2) is 24.3 Å². The summed E-state index contributed by atoms with van der Waals surface area (Å²) in [7, 11) is 0. The SMILES string of the molecule is CC(C)COC1CN2C(=O)N(c3ccc(OCC(F)(F)F)cc3)CC2(C)C1. The number of urea groups is 1. The van der Waals surface area contributed by atoms with Crippen molar-refractivity contribution in [1.82, 2.24) is 4.90 Å². The summed E-state index contributed by atoms with van der Waals surface area (Å²) >= 11 is 0. The molecule has 0 saturated carbocycles. The van der Waals surface area contributed by atoms with Crippen molar-refractivity contribution >= 4 is 11.7 Å². The molecule has 2 amide bonds. The molecule has 0 aromatic heterocycles. The van der Waals surface area contributed by atoms with Gasteiger partial charge in [0.2, 0.25) is 0 Å². The summed E-state index contributed by atoms with van der Waals surface area (Å²) in [4.78, 5) is 16.3. The fourth-order valence-electron chi connectivity index (χ4n) is 3.63. The van der Waals surface area contributed by atoms with E-state index in [4.69, 9.17) is 9.47 Å². The molecule has 27 heavy (non-hydrogen) atoms. The number of carbonyl (C=O) groups is 1. The third-order valence-corrected chi connectivity index (χ3v) is 4.88. The lowest BCUT2D eigenvalue weighted by molar-refractivity contribution is -0.153. The van der Waals surface area contributed by atoms with Crippen LogP contribution < -0.4 is 9.64 Å². The van der Waals surface area contributed by atoms with Crippen molar-refractivity contribution in [3.8, 4) is 5.75 Å². The van der Waals surface area contributed by atoms with E-state index in [1.165, 1.54) is 12.1 Å². The number of benzene rings is 1. The average molecular weight is 386 g/mol. The first kappa shape index (κ1) is 19.8. The Labute approximate surface area is 157 Å². The third kappa shape index (κ3) is 4.48. The average Bonchev–Trinajstić information content (AvgIpc) is 3.03. The number of ether oxygens (including phenoxy) is 2. The summed E-state index contributed by atoms with van der Waals surface area (Å²) in [6.07, 6.45) is -3.56. The van der Waals surface area contributed by atoms with Gasteiger partial charge in [-0.2, -0.15) is 13.2 Å². The van der Waals surface area contributed by atoms with Crippen LogP contribution in [-0.4, -0.2) is 55.1 Å². The van der Waals surface area contributed by atoms with Crippen molar-refractivity contribution in [3.05, 3.63) is 24.3 Å². The molecule has 2 heterocycles. The van der Waals surface area contributed by atoms with E-state index in [0.29, 0.717) is 31.3 Å². The number of rotatable bonds is 6. The van der Waals surface area contributed by atoms with Crippen LogP contribution in [0.4, 0.5) is 23.7 Å². The molecule has 2 saturated heterocycles. The van der Waals surface area contributed by atoms with E-state index in [9.17, 15) is 18.0 Å². The van der Waals surface area contributed by atoms with Crippen LogP contribution >= 0.6 is 0 Å². The Hall–Kier alpha value is -1.96. The van der Waals surface area contributed by atoms with Crippen molar-refractivity contribution in [2.75, 3.05) is 31.2 Å². The fraction of sp³-hybridized carbons (Fsp3) is 0.632. The van der Waals surface area contributed by atoms with Crippen LogP contribution in [0.2, 0.25) is 0 Å². The zero-order chi connectivity index (χ0) is 19.8. The van der Waals surface area contributed by atoms with Gasteiger partial charge in [0.15, 0.2) is 6.61 Å². The van der Waals surface area contributed by atoms with Crippen LogP contribution in [0.1, 0.15) is 27.2 Å². The van der Waals surface area contributed by atoms with Crippen LogP contribution in [0.25, 0.3) is 0 Å². The number of anilines is 1. The van der Waals surface area contributed by atoms with Crippen molar-refractivity contribution in [3.63, 3.8) is 0 Å². The first-order valence-corrected chi connectivity index (χ1v) is 9.08. The second-order valence-electron chi connectivity index (χ2n) is 7.93. The molecule has 5 nitrogen and oxygen atoms in total. The Morgan fingerprint density at radius 3 is 2.48 bits per heavy atom. The van der Waals surface area contributed by atoms with Gasteiger partial charge in [-0.1, -0.05) is 13.8 Å². The maximum Gasteiger partial charge on any atom is 0.422 e. The lowest BCUT2D eigenvalue weighted by atomic mass is 9.99. The minimum atomic E-state index is -4.38. The second-order valence-corrected chi connectivity index (χ2v) is 7.93. The highest BCUT2D eigenvalue weighted by Crippen LogP contribution is 2.39. The van der Waals surface area contributed by atoms with Crippen LogP contribution in [0, 0.1) is 5.92 Å². The highest BCUT2D eigenvalue weighted by molar-refractivity contribution is 5.95. The molecule has 1 aromatic carbocycles. The Morgan fingerprint density at radius 2 is 1.93 bits per heavy atom. The number of hydrogen-bond acceptors (Lipinski definition) is 3. The monoisotopic (exact) mass is 386 g/mol. The molecule has 2 fully saturated rings. The molecule has 2 atom stereocenters. The van der Waals surface area contributed by atoms with E-state index in [1.807, 2.05) is 11.8 Å². The van der Waals surface area contributed by atoms with Gasteiger partial charge in [0.25, 0.3) is 0 Å². The maximum atomic E-state index is 12.8. The molecule has 0 spiro atoms. The van der Waals surface area contributed by atoms with E-state index < -0.39 is 12.8 Å². The molecule has 0 bridgehead atoms. The van der Waals surface area contributed by atoms with E-state index in [1.54, 1.807) is 17.0 Å². The van der Waals surface area contributed by atoms with Gasteiger partial charge in [-0.3, -0.25) is 4.90 Å². The normalized spacial score (nSPS) is 25.4. The van der Waals surface area contributed by atoms with Gasteiger partial charge in [-0.25, -0.2) is 4.79 Å². The molecule has 2 aliphatic heterocycles. The number of hydrogen-bond donors (Lipinski definition) is 0. The smallest absolute Gasteiger partial charge is 0.422 e. The minimum absolute atomic E-state index is 0.0432. The van der Waals surface area contributed by atoms with Crippen molar-refractivity contribution in [1.29, 1.82) is 0 Å². The van der Waals surface area contributed by atoms with Gasteiger partial charge in [-0.15, -0.1) is 0 Å². The highest BCUT2D eigenvalue weighted by atomic mass is 19.4. The molecule has 0 N–H and O–H groups in total. The standard InChI is InChI=1S/C19H25F3N2O3/c1-13(2)10-26-16-8-18(3)11-23(17(25)24(18)9-16)14-4-6-15(7-5-14)27-12-19(20,21)22/h4-7,13,16H,8-12H2,1-3H3. The number of halogens is 3. The van der Waals surface area contributed by atoms with Crippen LogP contribution in [0.3, 0.4) is 0 Å². The molecule has 3 rings (SSSR count). The zero-order valence-corrected chi connectivity index (χ0v) is 15.8. The lowest BCUT2D eigenvalue weighted by Crippen LogP contribution is -2.38. The van der Waals surface area contributed by atoms with Crippen molar-refractivity contribution < 1.29 is 27.4 Å². The molecule has 0 aliphatic carbocycles. The van der Waals surface area contributed by atoms with Crippen molar-refractivity contribution in [2.45, 2.75) is 45.0 Å². The molecule has 150 valence electrons. The summed E-state index contributed by atoms with van der Waals surface area (Å²) in [6.45, 7) is 6.65. The van der Waals surface area contributed by atoms with Gasteiger partial charge in [0, 0.05) is 25.3 Å².